The number of ether oxygens (including phenoxy) is 1. The predicted molar refractivity (Wildman–Crippen MR) is 84.5 cm³/mol. The summed E-state index contributed by atoms with van der Waals surface area (Å²) in [5.41, 5.74) is 1.52. The molecule has 1 aromatic carbocycles. The largest absolute Gasteiger partial charge is 0.461 e. The minimum atomic E-state index is -0.527. The molecule has 1 aliphatic rings. The molecule has 2 aromatic rings. The highest BCUT2D eigenvalue weighted by Crippen LogP contribution is 2.27. The van der Waals surface area contributed by atoms with E-state index in [9.17, 15) is 14.0 Å². The Labute approximate surface area is 138 Å². The van der Waals surface area contributed by atoms with E-state index >= 15 is 0 Å². The Kier molecular flexibility index (Phi) is 4.33. The van der Waals surface area contributed by atoms with Gasteiger partial charge in [-0.15, -0.1) is 0 Å². The van der Waals surface area contributed by atoms with E-state index < -0.39 is 11.8 Å². The van der Waals surface area contributed by atoms with E-state index in [1.807, 2.05) is 6.92 Å². The van der Waals surface area contributed by atoms with Crippen molar-refractivity contribution in [1.29, 1.82) is 0 Å². The van der Waals surface area contributed by atoms with Crippen LogP contribution in [0.1, 0.15) is 46.8 Å². The number of carbonyl (C=O) groups is 2. The lowest BCUT2D eigenvalue weighted by Crippen LogP contribution is -2.31. The molecule has 3 rings (SSSR count). The first-order chi connectivity index (χ1) is 11.6. The zero-order valence-corrected chi connectivity index (χ0v) is 13.6. The standard InChI is InChI=1S/C17H18FN3O3/c1-3-7-20-9-14-15(17(23)24-4-2)19-10-21(14)13-6-5-11(18)8-12(13)16(20)22/h5-6,8,10H,3-4,7,9H2,1-2H3. The molecule has 0 saturated heterocycles. The van der Waals surface area contributed by atoms with Crippen molar-refractivity contribution < 1.29 is 18.7 Å². The zero-order chi connectivity index (χ0) is 17.3. The number of imidazole rings is 1. The van der Waals surface area contributed by atoms with Gasteiger partial charge in [0.25, 0.3) is 5.91 Å². The second kappa shape index (κ2) is 6.43. The van der Waals surface area contributed by atoms with Crippen molar-refractivity contribution in [2.45, 2.75) is 26.8 Å². The fraction of sp³-hybridized carbons (Fsp3) is 0.353. The third-order valence-electron chi connectivity index (χ3n) is 3.91. The first-order valence-corrected chi connectivity index (χ1v) is 7.89. The average molecular weight is 331 g/mol. The van der Waals surface area contributed by atoms with Crippen LogP contribution >= 0.6 is 0 Å². The zero-order valence-electron chi connectivity index (χ0n) is 13.6. The molecule has 0 bridgehead atoms. The Balaban J connectivity index is 2.18. The highest BCUT2D eigenvalue weighted by molar-refractivity contribution is 5.99. The molecule has 2 heterocycles. The predicted octanol–water partition coefficient (Wildman–Crippen LogP) is 2.55. The number of hydrogen-bond acceptors (Lipinski definition) is 4. The lowest BCUT2D eigenvalue weighted by Gasteiger charge is -2.20. The molecule has 0 N–H and O–H groups in total. The molecule has 24 heavy (non-hydrogen) atoms. The fourth-order valence-electron chi connectivity index (χ4n) is 2.87. The van der Waals surface area contributed by atoms with Crippen LogP contribution < -0.4 is 0 Å². The number of benzene rings is 1. The number of esters is 1. The summed E-state index contributed by atoms with van der Waals surface area (Å²) in [7, 11) is 0. The normalized spacial score (nSPS) is 13.3. The van der Waals surface area contributed by atoms with Crippen LogP contribution in [0.3, 0.4) is 0 Å². The van der Waals surface area contributed by atoms with Crippen molar-refractivity contribution in [2.75, 3.05) is 13.2 Å². The van der Waals surface area contributed by atoms with E-state index in [0.29, 0.717) is 17.9 Å². The second-order valence-electron chi connectivity index (χ2n) is 5.52. The van der Waals surface area contributed by atoms with Gasteiger partial charge in [0.15, 0.2) is 5.69 Å². The highest BCUT2D eigenvalue weighted by atomic mass is 19.1. The van der Waals surface area contributed by atoms with Crippen molar-refractivity contribution in [3.05, 3.63) is 47.3 Å². The molecule has 6 nitrogen and oxygen atoms in total. The van der Waals surface area contributed by atoms with Crippen molar-refractivity contribution in [2.24, 2.45) is 0 Å². The summed E-state index contributed by atoms with van der Waals surface area (Å²) < 4.78 is 20.4. The summed E-state index contributed by atoms with van der Waals surface area (Å²) in [4.78, 5) is 30.7. The molecule has 0 fully saturated rings. The van der Waals surface area contributed by atoms with Crippen molar-refractivity contribution in [3.8, 4) is 5.69 Å². The van der Waals surface area contributed by atoms with E-state index in [4.69, 9.17) is 4.74 Å². The van der Waals surface area contributed by atoms with Gasteiger partial charge in [-0.1, -0.05) is 6.92 Å². The van der Waals surface area contributed by atoms with Gasteiger partial charge in [-0.05, 0) is 31.5 Å². The summed E-state index contributed by atoms with van der Waals surface area (Å²) in [5, 5.41) is 0. The van der Waals surface area contributed by atoms with Gasteiger partial charge in [0.1, 0.15) is 12.1 Å². The maximum atomic E-state index is 13.7. The molecule has 1 amide bonds. The topological polar surface area (TPSA) is 64.4 Å². The second-order valence-corrected chi connectivity index (χ2v) is 5.52. The Bertz CT molecular complexity index is 800. The monoisotopic (exact) mass is 331 g/mol. The van der Waals surface area contributed by atoms with E-state index in [2.05, 4.69) is 4.98 Å². The van der Waals surface area contributed by atoms with Crippen LogP contribution in [0.2, 0.25) is 0 Å². The summed E-state index contributed by atoms with van der Waals surface area (Å²) in [6.45, 7) is 4.63. The van der Waals surface area contributed by atoms with E-state index in [0.717, 1.165) is 6.42 Å². The molecular weight excluding hydrogens is 313 g/mol. The number of amides is 1. The van der Waals surface area contributed by atoms with Crippen molar-refractivity contribution in [3.63, 3.8) is 0 Å². The van der Waals surface area contributed by atoms with Crippen LogP contribution in [0.25, 0.3) is 5.69 Å². The van der Waals surface area contributed by atoms with Crippen LogP contribution in [-0.2, 0) is 11.3 Å². The van der Waals surface area contributed by atoms with Crippen LogP contribution in [0.5, 0.6) is 0 Å². The molecule has 0 atom stereocenters. The van der Waals surface area contributed by atoms with Crippen LogP contribution in [0.15, 0.2) is 24.5 Å². The van der Waals surface area contributed by atoms with Gasteiger partial charge < -0.3 is 9.64 Å². The fourth-order valence-corrected chi connectivity index (χ4v) is 2.87. The van der Waals surface area contributed by atoms with E-state index in [1.165, 1.54) is 24.5 Å². The van der Waals surface area contributed by atoms with Crippen LogP contribution in [-0.4, -0.2) is 39.5 Å². The maximum Gasteiger partial charge on any atom is 0.358 e. The van der Waals surface area contributed by atoms with Gasteiger partial charge in [-0.2, -0.15) is 0 Å². The number of aromatic nitrogens is 2. The Morgan fingerprint density at radius 1 is 1.38 bits per heavy atom. The molecule has 0 spiro atoms. The SMILES string of the molecule is CCCN1Cc2c(C(=O)OCC)ncn2-c2ccc(F)cc2C1=O. The minimum absolute atomic E-state index is 0.183. The molecular formula is C17H18FN3O3. The maximum absolute atomic E-state index is 13.7. The quantitative estimate of drug-likeness (QED) is 0.808. The third-order valence-corrected chi connectivity index (χ3v) is 3.91. The average Bonchev–Trinajstić information content (AvgIpc) is 2.93. The van der Waals surface area contributed by atoms with Gasteiger partial charge in [-0.3, -0.25) is 9.36 Å². The first-order valence-electron chi connectivity index (χ1n) is 7.89. The molecule has 126 valence electrons. The molecule has 0 unspecified atom stereocenters. The lowest BCUT2D eigenvalue weighted by molar-refractivity contribution is 0.0515. The number of halogens is 1. The van der Waals surface area contributed by atoms with Crippen LogP contribution in [0, 0.1) is 5.82 Å². The number of rotatable bonds is 4. The Morgan fingerprint density at radius 2 is 2.17 bits per heavy atom. The highest BCUT2D eigenvalue weighted by Gasteiger charge is 2.30. The van der Waals surface area contributed by atoms with Gasteiger partial charge >= 0.3 is 5.97 Å². The molecule has 0 aliphatic carbocycles. The molecule has 0 saturated carbocycles. The number of fused-ring (bicyclic) bond motifs is 3. The molecule has 7 heteroatoms. The molecule has 0 radical (unpaired) electrons. The first kappa shape index (κ1) is 16.2. The van der Waals surface area contributed by atoms with Crippen molar-refractivity contribution >= 4 is 11.9 Å². The van der Waals surface area contributed by atoms with E-state index in [1.54, 1.807) is 16.4 Å². The lowest BCUT2D eigenvalue weighted by atomic mass is 10.1. The van der Waals surface area contributed by atoms with E-state index in [-0.39, 0.29) is 30.3 Å². The molecule has 1 aromatic heterocycles. The van der Waals surface area contributed by atoms with Crippen molar-refractivity contribution in [1.82, 2.24) is 14.5 Å². The smallest absolute Gasteiger partial charge is 0.358 e. The Hall–Kier alpha value is -2.70. The van der Waals surface area contributed by atoms with Gasteiger partial charge in [0.2, 0.25) is 0 Å². The molecule has 1 aliphatic heterocycles. The van der Waals surface area contributed by atoms with Crippen LogP contribution in [0.4, 0.5) is 4.39 Å². The summed E-state index contributed by atoms with van der Waals surface area (Å²) in [5.74, 6) is -1.27. The summed E-state index contributed by atoms with van der Waals surface area (Å²) in [6, 6.07) is 4.03. The van der Waals surface area contributed by atoms with Gasteiger partial charge in [-0.25, -0.2) is 14.2 Å². The number of hydrogen-bond donors (Lipinski definition) is 0. The van der Waals surface area contributed by atoms with Gasteiger partial charge in [0, 0.05) is 6.54 Å². The third kappa shape index (κ3) is 2.66. The van der Waals surface area contributed by atoms with Gasteiger partial charge in [0.05, 0.1) is 30.1 Å². The number of carbonyl (C=O) groups excluding carboxylic acids is 2. The number of nitrogens with zero attached hydrogens (tertiary/aromatic N) is 3. The summed E-state index contributed by atoms with van der Waals surface area (Å²) >= 11 is 0. The minimum Gasteiger partial charge on any atom is -0.461 e. The summed E-state index contributed by atoms with van der Waals surface area (Å²) in [6.07, 6.45) is 2.22. The Morgan fingerprint density at radius 3 is 2.88 bits per heavy atom.